The molecule has 145 heavy (non-hydrogen) atoms. The Bertz CT molecular complexity index is 6960. The molecule has 0 saturated carbocycles. The van der Waals surface area contributed by atoms with Crippen LogP contribution in [0.4, 0.5) is 0 Å². The second-order valence-corrected chi connectivity index (χ2v) is 34.1. The van der Waals surface area contributed by atoms with E-state index in [-0.39, 0.29) is 136 Å². The van der Waals surface area contributed by atoms with Gasteiger partial charge in [0, 0.05) is 109 Å². The Labute approximate surface area is 925 Å². The number of aliphatic hydroxyl groups excluding tert-OH is 3. The van der Waals surface area contributed by atoms with Crippen LogP contribution < -0.4 is 0 Å². The molecule has 12 nitrogen and oxygen atoms in total. The summed E-state index contributed by atoms with van der Waals surface area (Å²) in [6, 6.07) is 125. The van der Waals surface area contributed by atoms with Crippen molar-refractivity contribution in [1.82, 2.24) is 29.9 Å². The first-order valence-electron chi connectivity index (χ1n) is 45.9. The minimum absolute atomic E-state index is 0. The Kier molecular flexibility index (Phi) is 52.6. The monoisotopic (exact) mass is 2800 g/mol. The summed E-state index contributed by atoms with van der Waals surface area (Å²) in [5, 5.41) is 29.9. The van der Waals surface area contributed by atoms with E-state index in [9.17, 15) is 14.4 Å². The number of pyridine rings is 6. The second-order valence-electron chi connectivity index (χ2n) is 34.1. The molecule has 12 aromatic carbocycles. The molecular formula is C128H116Ir4N6O6Pt-3. The molecule has 18 aromatic rings. The molecule has 0 bridgehead atoms. The first kappa shape index (κ1) is 122. The molecule has 3 radical (unpaired) electrons. The molecule has 0 aliphatic rings. The number of carbonyl (C=O) groups excluding carboxylic acids is 3. The van der Waals surface area contributed by atoms with Crippen LogP contribution in [0.3, 0.4) is 0 Å². The van der Waals surface area contributed by atoms with E-state index in [1.54, 1.807) is 0 Å². The molecule has 743 valence electrons. The Morgan fingerprint density at radius 2 is 0.676 bits per heavy atom. The van der Waals surface area contributed by atoms with Crippen LogP contribution in [0.1, 0.15) is 136 Å². The molecule has 6 aromatic heterocycles. The van der Waals surface area contributed by atoms with E-state index in [0.29, 0.717) is 0 Å². The van der Waals surface area contributed by atoms with Gasteiger partial charge in [-0.3, -0.25) is 34.3 Å². The van der Waals surface area contributed by atoms with Crippen LogP contribution in [0.5, 0.6) is 0 Å². The predicted octanol–water partition coefficient (Wildman–Crippen LogP) is 30.9. The van der Waals surface area contributed by atoms with Crippen LogP contribution in [-0.2, 0) is 116 Å². The quantitative estimate of drug-likeness (QED) is 0.0405. The van der Waals surface area contributed by atoms with Crippen molar-refractivity contribution >= 4 is 62.1 Å². The molecular weight excluding hydrogens is 2680 g/mol. The predicted molar refractivity (Wildman–Crippen MR) is 576 cm³/mol. The Morgan fingerprint density at radius 1 is 0.297 bits per heavy atom. The number of allylic oxidation sites excluding steroid dienone is 6. The maximum Gasteiger partial charge on any atom is 4.00 e. The summed E-state index contributed by atoms with van der Waals surface area (Å²) in [4.78, 5) is 57.8. The average molecular weight is 2800 g/mol. The van der Waals surface area contributed by atoms with Crippen molar-refractivity contribution in [1.29, 1.82) is 0 Å². The summed E-state index contributed by atoms with van der Waals surface area (Å²) in [7, 11) is 0. The van der Waals surface area contributed by atoms with E-state index >= 15 is 0 Å². The molecule has 0 aliphatic carbocycles. The molecule has 0 saturated heterocycles. The first-order chi connectivity index (χ1) is 67.2. The molecule has 0 unspecified atom stereocenters. The zero-order valence-corrected chi connectivity index (χ0v) is 96.6. The van der Waals surface area contributed by atoms with Gasteiger partial charge in [0.05, 0.1) is 28.3 Å². The van der Waals surface area contributed by atoms with Crippen LogP contribution in [-0.4, -0.2) is 62.6 Å². The summed E-state index contributed by atoms with van der Waals surface area (Å²) in [5.74, 6) is -0.187. The zero-order valence-electron chi connectivity index (χ0n) is 84.7. The molecule has 0 fully saturated rings. The van der Waals surface area contributed by atoms with Gasteiger partial charge >= 0.3 is 41.2 Å². The first-order valence-corrected chi connectivity index (χ1v) is 45.9. The topological polar surface area (TPSA) is 189 Å². The van der Waals surface area contributed by atoms with Gasteiger partial charge < -0.3 is 25.3 Å². The van der Waals surface area contributed by atoms with Gasteiger partial charge in [-0.05, 0) is 168 Å². The molecule has 0 spiro atoms. The number of nitrogens with zero attached hydrogens (tertiary/aromatic N) is 6. The number of aromatic nitrogens is 6. The van der Waals surface area contributed by atoms with Gasteiger partial charge in [-0.1, -0.05) is 180 Å². The molecule has 0 atom stereocenters. The minimum Gasteiger partial charge on any atom is -0.512 e. The van der Waals surface area contributed by atoms with E-state index in [4.69, 9.17) is 30.3 Å². The SMILES string of the molecule is CC(=O)C=C(C)O.CC(=O)C=C(C)O.CC(=O)C=C(C)O.Cc1[c-]c(-c2ccc3cc(C)ccc3n2)cc(C)c1.Cc1[c-]c(-c2ccc3ccc(C)cc3n2)cc(C)c1.Cc1[c-]c(-c2nccc3cc(C)ccc23)cc(C)c1.Cc1cc(C)c(-c2[c-]cccc2)nc1-c1[c-]cccc1.Cc1cc(C)c(-c2ccccn2)[c-]c1-c1ccccn1.[C-](=Cc1[c-]cccc1)c1ccccc1[C-]=Cc1[c-]cccc1.[Ir+3].[Ir].[Ir].[Ir].[Pt+4]. The normalized spacial score (nSPS) is 10.5. The summed E-state index contributed by atoms with van der Waals surface area (Å²) >= 11 is 0. The van der Waals surface area contributed by atoms with Crippen molar-refractivity contribution in [2.45, 2.75) is 132 Å². The number of benzene rings is 12. The smallest absolute Gasteiger partial charge is 0.512 e. The van der Waals surface area contributed by atoms with Crippen LogP contribution >= 0.6 is 0 Å². The number of ketones is 3. The van der Waals surface area contributed by atoms with E-state index in [1.807, 2.05) is 188 Å². The van der Waals surface area contributed by atoms with Crippen molar-refractivity contribution < 1.29 is 131 Å². The number of aryl methyl sites for hydroxylation is 13. The number of rotatable bonds is 14. The Morgan fingerprint density at radius 3 is 1.08 bits per heavy atom. The second kappa shape index (κ2) is 62.4. The van der Waals surface area contributed by atoms with Gasteiger partial charge in [-0.2, -0.15) is 60.7 Å². The molecule has 6 heterocycles. The van der Waals surface area contributed by atoms with Crippen LogP contribution in [0.25, 0.3) is 124 Å². The minimum atomic E-state index is -0.125. The summed E-state index contributed by atoms with van der Waals surface area (Å²) in [5.41, 5.74) is 36.0. The number of hydrogen-bond donors (Lipinski definition) is 3. The van der Waals surface area contributed by atoms with Crippen molar-refractivity contribution in [3.8, 4) is 78.8 Å². The van der Waals surface area contributed by atoms with Gasteiger partial charge in [0.15, 0.2) is 17.3 Å². The van der Waals surface area contributed by atoms with Crippen LogP contribution in [0.15, 0.2) is 345 Å². The molecule has 3 N–H and O–H groups in total. The van der Waals surface area contributed by atoms with E-state index < -0.39 is 0 Å². The van der Waals surface area contributed by atoms with E-state index in [2.05, 4.69) is 299 Å². The summed E-state index contributed by atoms with van der Waals surface area (Å²) in [6.45, 7) is 35.8. The summed E-state index contributed by atoms with van der Waals surface area (Å²) in [6.07, 6.45) is 19.5. The van der Waals surface area contributed by atoms with Crippen LogP contribution in [0.2, 0.25) is 0 Å². The maximum atomic E-state index is 10.0. The number of aliphatic hydroxyl groups is 3. The number of fused-ring (bicyclic) bond motifs is 3. The standard InChI is InChI=1S/C22H14.C19H15N.C18H15N2.3C18H16N.3C5H8O2.4Ir.Pt/c1-3-9-19(10-4-1)15-17-21-13-7-8-14-22(21)18-16-20-11-5-2-6-12-20;1-14-13-15(2)19(17-11-7-4-8-12-17)20-18(14)16-9-5-3-6-10-16;1-13-11-14(2)16(18-8-4-6-10-20-18)12-15(13)17-7-3-5-9-19-17;1-12-4-6-17-15(9-12)5-7-18(19-17)16-10-13(2)8-14(3)11-16;1-12-4-5-15-6-7-17(19-18(15)11-12)16-9-13(2)8-14(3)10-16;1-12-4-5-17-15(9-12)6-7-19-18(17)16-10-13(2)8-14(3)11-16;3*1-4(6)3-5(2)7;;;;;/h1-9,11,13-16H;3-9,11,13H,1-2H3;3-11H,1-2H3;4-10H,1-3H3;4-9,11H,1-3H3;4-10H,1-3H3;3*3,6H,1-2H3;;;;;/q-4;-2;4*-1;;;;;;;+3;+4. The fourth-order valence-electron chi connectivity index (χ4n) is 15.0. The van der Waals surface area contributed by atoms with E-state index in [1.165, 1.54) is 137 Å². The molecule has 0 amide bonds. The van der Waals surface area contributed by atoms with Gasteiger partial charge in [-0.25, -0.2) is 46.6 Å². The van der Waals surface area contributed by atoms with Gasteiger partial charge in [0.1, 0.15) is 0 Å². The van der Waals surface area contributed by atoms with Gasteiger partial charge in [0.2, 0.25) is 0 Å². The molecule has 0 aliphatic heterocycles. The third kappa shape index (κ3) is 40.7. The van der Waals surface area contributed by atoms with E-state index in [0.717, 1.165) is 129 Å². The Balaban J connectivity index is 0.000000292. The van der Waals surface area contributed by atoms with Crippen molar-refractivity contribution in [3.63, 3.8) is 0 Å². The van der Waals surface area contributed by atoms with Gasteiger partial charge in [0.25, 0.3) is 0 Å². The largest absolute Gasteiger partial charge is 4.00 e. The third-order valence-corrected chi connectivity index (χ3v) is 20.9. The van der Waals surface area contributed by atoms with Gasteiger partial charge in [-0.15, -0.1) is 224 Å². The molecule has 17 heteroatoms. The number of hydrogen-bond acceptors (Lipinski definition) is 12. The Hall–Kier alpha value is -13.3. The summed E-state index contributed by atoms with van der Waals surface area (Å²) < 4.78 is 0. The fourth-order valence-corrected chi connectivity index (χ4v) is 15.0. The van der Waals surface area contributed by atoms with Crippen molar-refractivity contribution in [3.05, 3.63) is 501 Å². The fraction of sp³-hybridized carbons (Fsp3) is 0.148. The van der Waals surface area contributed by atoms with Crippen LogP contribution in [0, 0.1) is 151 Å². The third-order valence-electron chi connectivity index (χ3n) is 20.9. The van der Waals surface area contributed by atoms with Crippen molar-refractivity contribution in [2.75, 3.05) is 0 Å². The average Bonchev–Trinajstić information content (AvgIpc) is 0.792. The van der Waals surface area contributed by atoms with Crippen molar-refractivity contribution in [2.24, 2.45) is 0 Å². The zero-order chi connectivity index (χ0) is 101. The molecule has 18 rings (SSSR count). The maximum absolute atomic E-state index is 10.0. The number of carbonyl (C=O) groups is 3.